The molecule has 0 saturated carbocycles. The first-order valence-electron chi connectivity index (χ1n) is 7.54. The van der Waals surface area contributed by atoms with Crippen molar-refractivity contribution in [1.82, 2.24) is 10.6 Å². The molecule has 25 heavy (non-hydrogen) atoms. The zero-order valence-electron chi connectivity index (χ0n) is 14.7. The molecule has 0 fully saturated rings. The summed E-state index contributed by atoms with van der Waals surface area (Å²) in [6.45, 7) is 8.01. The van der Waals surface area contributed by atoms with Gasteiger partial charge in [-0.3, -0.25) is 4.99 Å². The number of nitrogens with zero attached hydrogens (tertiary/aromatic N) is 1. The minimum Gasteiger partial charge on any atom is -0.497 e. The molecule has 1 aliphatic heterocycles. The number of nitrogens with one attached hydrogen (secondary N) is 2. The molecule has 1 aliphatic rings. The number of methoxy groups -OCH3 is 1. The van der Waals surface area contributed by atoms with Crippen molar-refractivity contribution < 1.29 is 33.6 Å². The SMILES string of the molecule is COc1ccc(C2=CC(NC(C)(C)C)=NCCN2)cc1.[O-][Cl+3]([O-])([O-])O. The molecule has 1 aromatic carbocycles. The molecular formula is C16H24ClN3O5. The van der Waals surface area contributed by atoms with Gasteiger partial charge in [0.2, 0.25) is 0 Å². The smallest absolute Gasteiger partial charge is 0.123 e. The lowest BCUT2D eigenvalue weighted by Crippen LogP contribution is -2.58. The minimum absolute atomic E-state index is 0.00465. The first kappa shape index (κ1) is 21.2. The Labute approximate surface area is 149 Å². The Morgan fingerprint density at radius 2 is 1.76 bits per heavy atom. The highest BCUT2D eigenvalue weighted by Gasteiger charge is 2.13. The maximum Gasteiger partial charge on any atom is 0.123 e. The van der Waals surface area contributed by atoms with Crippen LogP contribution in [0.3, 0.4) is 0 Å². The van der Waals surface area contributed by atoms with E-state index in [1.54, 1.807) is 7.11 Å². The van der Waals surface area contributed by atoms with Crippen LogP contribution < -0.4 is 29.3 Å². The second-order valence-electron chi connectivity index (χ2n) is 6.25. The van der Waals surface area contributed by atoms with Gasteiger partial charge in [-0.25, -0.2) is 0 Å². The summed E-state index contributed by atoms with van der Waals surface area (Å²) in [7, 11) is -3.02. The fourth-order valence-electron chi connectivity index (χ4n) is 2.02. The molecule has 0 spiro atoms. The Kier molecular flexibility index (Phi) is 7.65. The molecule has 1 aromatic rings. The lowest BCUT2D eigenvalue weighted by molar-refractivity contribution is -1.92. The van der Waals surface area contributed by atoms with Crippen molar-refractivity contribution in [1.29, 1.82) is 0 Å². The van der Waals surface area contributed by atoms with Crippen LogP contribution in [0.5, 0.6) is 5.75 Å². The molecule has 0 aliphatic carbocycles. The maximum atomic E-state index is 8.60. The van der Waals surface area contributed by atoms with Gasteiger partial charge in [0.25, 0.3) is 0 Å². The van der Waals surface area contributed by atoms with E-state index in [2.05, 4.69) is 54.6 Å². The first-order valence-corrected chi connectivity index (χ1v) is 8.80. The maximum absolute atomic E-state index is 8.60. The van der Waals surface area contributed by atoms with E-state index < -0.39 is 10.2 Å². The van der Waals surface area contributed by atoms with Gasteiger partial charge in [0.1, 0.15) is 11.6 Å². The Bertz CT molecular complexity index is 598. The Morgan fingerprint density at radius 3 is 2.24 bits per heavy atom. The highest BCUT2D eigenvalue weighted by molar-refractivity contribution is 5.99. The molecule has 9 heteroatoms. The molecule has 0 aromatic heterocycles. The fourth-order valence-corrected chi connectivity index (χ4v) is 2.02. The molecule has 0 amide bonds. The van der Waals surface area contributed by atoms with Crippen molar-refractivity contribution in [2.24, 2.45) is 4.99 Å². The van der Waals surface area contributed by atoms with E-state index in [1.807, 2.05) is 12.1 Å². The third-order valence-corrected chi connectivity index (χ3v) is 2.89. The summed E-state index contributed by atoms with van der Waals surface area (Å²) in [5.41, 5.74) is 2.22. The van der Waals surface area contributed by atoms with Crippen LogP contribution in [0.2, 0.25) is 0 Å². The predicted molar refractivity (Wildman–Crippen MR) is 86.4 cm³/mol. The van der Waals surface area contributed by atoms with Gasteiger partial charge in [0, 0.05) is 23.9 Å². The van der Waals surface area contributed by atoms with Crippen LogP contribution in [-0.2, 0) is 0 Å². The summed E-state index contributed by atoms with van der Waals surface area (Å²) in [6, 6.07) is 8.04. The quantitative estimate of drug-likeness (QED) is 0.562. The lowest BCUT2D eigenvalue weighted by Gasteiger charge is -2.22. The van der Waals surface area contributed by atoms with E-state index in [0.29, 0.717) is 0 Å². The molecule has 8 nitrogen and oxygen atoms in total. The second kappa shape index (κ2) is 9.02. The van der Waals surface area contributed by atoms with E-state index in [-0.39, 0.29) is 5.54 Å². The largest absolute Gasteiger partial charge is 0.497 e. The summed E-state index contributed by atoms with van der Waals surface area (Å²) in [5, 5.41) is 6.85. The number of rotatable bonds is 2. The Balaban J connectivity index is 0.000000550. The number of aliphatic imine (C=N–C) groups is 1. The average Bonchev–Trinajstić information content (AvgIpc) is 2.69. The van der Waals surface area contributed by atoms with Gasteiger partial charge in [0.15, 0.2) is 0 Å². The molecule has 1 heterocycles. The third kappa shape index (κ3) is 9.90. The van der Waals surface area contributed by atoms with Gasteiger partial charge in [-0.15, -0.1) is 0 Å². The van der Waals surface area contributed by atoms with Crippen molar-refractivity contribution in [2.45, 2.75) is 26.3 Å². The molecule has 0 radical (unpaired) electrons. The average molecular weight is 374 g/mol. The standard InChI is InChI=1S/C16H23N3O.ClHO4/c1-16(2,3)19-15-11-14(17-9-10-18-15)12-5-7-13(20-4)8-6-12;2-1(3,4)5/h5-8,11,17H,9-10H2,1-4H3,(H,18,19);(H,2,3,4,5). The molecule has 0 unspecified atom stereocenters. The Hall–Kier alpha value is -1.84. The van der Waals surface area contributed by atoms with Crippen molar-refractivity contribution in [3.05, 3.63) is 35.9 Å². The lowest BCUT2D eigenvalue weighted by atomic mass is 10.1. The first-order chi connectivity index (χ1) is 11.5. The summed E-state index contributed by atoms with van der Waals surface area (Å²) in [5.74, 6) is 1.79. The van der Waals surface area contributed by atoms with Crippen LogP contribution in [-0.4, -0.2) is 36.2 Å². The zero-order valence-corrected chi connectivity index (χ0v) is 15.5. The topological polar surface area (TPSA) is 135 Å². The fraction of sp³-hybridized carbons (Fsp3) is 0.438. The van der Waals surface area contributed by atoms with Crippen LogP contribution in [0.4, 0.5) is 0 Å². The summed E-state index contributed by atoms with van der Waals surface area (Å²) in [4.78, 5) is 4.56. The van der Waals surface area contributed by atoms with Gasteiger partial charge >= 0.3 is 0 Å². The second-order valence-corrected chi connectivity index (χ2v) is 7.04. The number of hydrogen-bond donors (Lipinski definition) is 3. The van der Waals surface area contributed by atoms with E-state index in [0.717, 1.165) is 35.9 Å². The molecular weight excluding hydrogens is 350 g/mol. The van der Waals surface area contributed by atoms with Crippen molar-refractivity contribution in [3.63, 3.8) is 0 Å². The van der Waals surface area contributed by atoms with Crippen molar-refractivity contribution >= 4 is 11.5 Å². The monoisotopic (exact) mass is 373 g/mol. The summed E-state index contributed by atoms with van der Waals surface area (Å²) < 4.78 is 37.9. The number of amidine groups is 1. The van der Waals surface area contributed by atoms with Gasteiger partial charge in [-0.05, 0) is 50.6 Å². The molecule has 0 atom stereocenters. The Morgan fingerprint density at radius 1 is 1.20 bits per heavy atom. The van der Waals surface area contributed by atoms with E-state index >= 15 is 0 Å². The predicted octanol–water partition coefficient (Wildman–Crippen LogP) is -1.70. The van der Waals surface area contributed by atoms with Crippen LogP contribution in [0, 0.1) is 10.2 Å². The van der Waals surface area contributed by atoms with Gasteiger partial charge in [0.05, 0.1) is 28.6 Å². The molecule has 0 saturated heterocycles. The van der Waals surface area contributed by atoms with Gasteiger partial charge in [-0.2, -0.15) is 14.0 Å². The van der Waals surface area contributed by atoms with Crippen LogP contribution in [0.1, 0.15) is 26.3 Å². The molecule has 0 bridgehead atoms. The van der Waals surface area contributed by atoms with Crippen LogP contribution in [0.15, 0.2) is 35.3 Å². The molecule has 2 rings (SSSR count). The number of hydrogen-bond acceptors (Lipinski definition) is 8. The normalized spacial score (nSPS) is 14.9. The highest BCUT2D eigenvalue weighted by Crippen LogP contribution is 2.17. The highest BCUT2D eigenvalue weighted by atomic mass is 35.7. The van der Waals surface area contributed by atoms with Gasteiger partial charge in [-0.1, -0.05) is 0 Å². The number of benzene rings is 1. The summed E-state index contributed by atoms with van der Waals surface area (Å²) in [6.07, 6.45) is 2.07. The summed E-state index contributed by atoms with van der Waals surface area (Å²) >= 11 is 0. The van der Waals surface area contributed by atoms with Crippen molar-refractivity contribution in [3.8, 4) is 5.75 Å². The van der Waals surface area contributed by atoms with Crippen LogP contribution in [0.25, 0.3) is 5.70 Å². The van der Waals surface area contributed by atoms with Crippen molar-refractivity contribution in [2.75, 3.05) is 20.2 Å². The van der Waals surface area contributed by atoms with Gasteiger partial charge < -0.3 is 15.4 Å². The minimum atomic E-state index is -4.69. The molecule has 140 valence electrons. The van der Waals surface area contributed by atoms with Crippen LogP contribution >= 0.6 is 0 Å². The number of halogens is 1. The number of ether oxygens (including phenoxy) is 1. The third-order valence-electron chi connectivity index (χ3n) is 2.89. The zero-order chi connectivity index (χ0) is 19.1. The van der Waals surface area contributed by atoms with E-state index in [9.17, 15) is 0 Å². The molecule has 3 N–H and O–H groups in total. The van der Waals surface area contributed by atoms with E-state index in [1.165, 1.54) is 0 Å². The van der Waals surface area contributed by atoms with E-state index in [4.69, 9.17) is 23.4 Å².